The first kappa shape index (κ1) is 14.3. The lowest BCUT2D eigenvalue weighted by molar-refractivity contribution is 0.0727. The van der Waals surface area contributed by atoms with Crippen molar-refractivity contribution in [2.75, 3.05) is 0 Å². The average Bonchev–Trinajstić information content (AvgIpc) is 2.41. The second-order valence-electron chi connectivity index (χ2n) is 4.32. The van der Waals surface area contributed by atoms with Gasteiger partial charge in [-0.05, 0) is 30.7 Å². The van der Waals surface area contributed by atoms with Gasteiger partial charge in [-0.1, -0.05) is 48.3 Å². The molecule has 2 aromatic rings. The molecule has 0 aromatic heterocycles. The SMILES string of the molecule is CCC(O)(c1ccccc1F)c1cc(Cl)ccc1Cl. The minimum atomic E-state index is -1.49. The van der Waals surface area contributed by atoms with E-state index in [1.54, 1.807) is 43.3 Å². The molecule has 4 heteroatoms. The zero-order valence-corrected chi connectivity index (χ0v) is 11.8. The molecule has 0 amide bonds. The highest BCUT2D eigenvalue weighted by atomic mass is 35.5. The normalized spacial score (nSPS) is 14.2. The molecule has 1 unspecified atom stereocenters. The van der Waals surface area contributed by atoms with E-state index in [4.69, 9.17) is 23.2 Å². The van der Waals surface area contributed by atoms with Crippen molar-refractivity contribution in [3.63, 3.8) is 0 Å². The average molecular weight is 299 g/mol. The largest absolute Gasteiger partial charge is 0.380 e. The standard InChI is InChI=1S/C15H13Cl2FO/c1-2-15(19,11-5-3-4-6-14(11)18)12-9-10(16)7-8-13(12)17/h3-9,19H,2H2,1H3. The molecule has 1 N–H and O–H groups in total. The molecule has 0 aliphatic heterocycles. The van der Waals surface area contributed by atoms with Crippen molar-refractivity contribution >= 4 is 23.2 Å². The Morgan fingerprint density at radius 2 is 1.79 bits per heavy atom. The van der Waals surface area contributed by atoms with Crippen LogP contribution in [0.5, 0.6) is 0 Å². The summed E-state index contributed by atoms with van der Waals surface area (Å²) in [4.78, 5) is 0. The van der Waals surface area contributed by atoms with Crippen molar-refractivity contribution in [3.05, 3.63) is 69.5 Å². The lowest BCUT2D eigenvalue weighted by Crippen LogP contribution is -2.28. The van der Waals surface area contributed by atoms with E-state index in [9.17, 15) is 9.50 Å². The molecule has 0 spiro atoms. The van der Waals surface area contributed by atoms with Gasteiger partial charge in [0, 0.05) is 21.2 Å². The Bertz CT molecular complexity index is 600. The first-order valence-electron chi connectivity index (χ1n) is 5.92. The molecular weight excluding hydrogens is 286 g/mol. The first-order chi connectivity index (χ1) is 8.99. The monoisotopic (exact) mass is 298 g/mol. The maximum absolute atomic E-state index is 14.0. The van der Waals surface area contributed by atoms with E-state index in [0.29, 0.717) is 15.6 Å². The highest BCUT2D eigenvalue weighted by molar-refractivity contribution is 6.33. The van der Waals surface area contributed by atoms with Crippen LogP contribution in [0.15, 0.2) is 42.5 Å². The minimum Gasteiger partial charge on any atom is -0.380 e. The van der Waals surface area contributed by atoms with Crippen LogP contribution in [0.25, 0.3) is 0 Å². The molecule has 0 aliphatic rings. The molecule has 0 heterocycles. The van der Waals surface area contributed by atoms with Crippen LogP contribution in [0, 0.1) is 5.82 Å². The van der Waals surface area contributed by atoms with Gasteiger partial charge in [-0.25, -0.2) is 4.39 Å². The van der Waals surface area contributed by atoms with E-state index in [2.05, 4.69) is 0 Å². The summed E-state index contributed by atoms with van der Waals surface area (Å²) in [6.07, 6.45) is 0.286. The van der Waals surface area contributed by atoms with Gasteiger partial charge in [0.1, 0.15) is 11.4 Å². The Morgan fingerprint density at radius 1 is 1.11 bits per heavy atom. The molecule has 0 saturated carbocycles. The number of rotatable bonds is 3. The zero-order valence-electron chi connectivity index (χ0n) is 10.3. The summed E-state index contributed by atoms with van der Waals surface area (Å²) in [7, 11) is 0. The molecule has 19 heavy (non-hydrogen) atoms. The van der Waals surface area contributed by atoms with Crippen molar-refractivity contribution in [1.82, 2.24) is 0 Å². The molecule has 1 atom stereocenters. The Kier molecular flexibility index (Phi) is 4.14. The Hall–Kier alpha value is -1.09. The van der Waals surface area contributed by atoms with Crippen LogP contribution < -0.4 is 0 Å². The topological polar surface area (TPSA) is 20.2 Å². The lowest BCUT2D eigenvalue weighted by atomic mass is 9.84. The number of hydrogen-bond donors (Lipinski definition) is 1. The predicted octanol–water partition coefficient (Wildman–Crippen LogP) is 4.78. The maximum Gasteiger partial charge on any atom is 0.129 e. The third kappa shape index (κ3) is 2.62. The molecule has 100 valence electrons. The Labute approximate surface area is 121 Å². The van der Waals surface area contributed by atoms with E-state index in [1.807, 2.05) is 0 Å². The van der Waals surface area contributed by atoms with Crippen molar-refractivity contribution in [3.8, 4) is 0 Å². The fraction of sp³-hybridized carbons (Fsp3) is 0.200. The number of aliphatic hydroxyl groups is 1. The summed E-state index contributed by atoms with van der Waals surface area (Å²) in [6.45, 7) is 1.77. The Morgan fingerprint density at radius 3 is 2.42 bits per heavy atom. The van der Waals surface area contributed by atoms with Crippen LogP contribution in [0.3, 0.4) is 0 Å². The van der Waals surface area contributed by atoms with Gasteiger partial charge in [0.05, 0.1) is 0 Å². The Balaban J connectivity index is 2.66. The summed E-state index contributed by atoms with van der Waals surface area (Å²) in [5.74, 6) is -0.470. The number of benzene rings is 2. The highest BCUT2D eigenvalue weighted by Crippen LogP contribution is 2.39. The summed E-state index contributed by atoms with van der Waals surface area (Å²) in [6, 6.07) is 10.9. The molecule has 0 bridgehead atoms. The molecule has 2 rings (SSSR count). The second kappa shape index (κ2) is 5.49. The summed E-state index contributed by atoms with van der Waals surface area (Å²) in [5, 5.41) is 11.7. The minimum absolute atomic E-state index is 0.196. The lowest BCUT2D eigenvalue weighted by Gasteiger charge is -2.29. The molecule has 0 aliphatic carbocycles. The maximum atomic E-state index is 14.0. The number of halogens is 3. The fourth-order valence-corrected chi connectivity index (χ4v) is 2.58. The number of hydrogen-bond acceptors (Lipinski definition) is 1. The van der Waals surface area contributed by atoms with Gasteiger partial charge in [0.25, 0.3) is 0 Å². The third-order valence-electron chi connectivity index (χ3n) is 3.21. The summed E-state index contributed by atoms with van der Waals surface area (Å²) >= 11 is 12.1. The van der Waals surface area contributed by atoms with E-state index in [1.165, 1.54) is 6.07 Å². The predicted molar refractivity (Wildman–Crippen MR) is 76.2 cm³/mol. The van der Waals surface area contributed by atoms with Gasteiger partial charge in [-0.15, -0.1) is 0 Å². The van der Waals surface area contributed by atoms with Gasteiger partial charge in [-0.3, -0.25) is 0 Å². The van der Waals surface area contributed by atoms with E-state index in [0.717, 1.165) is 0 Å². The smallest absolute Gasteiger partial charge is 0.129 e. The van der Waals surface area contributed by atoms with Gasteiger partial charge in [0.15, 0.2) is 0 Å². The van der Waals surface area contributed by atoms with Crippen molar-refractivity contribution in [2.45, 2.75) is 18.9 Å². The van der Waals surface area contributed by atoms with Crippen LogP contribution >= 0.6 is 23.2 Å². The molecule has 2 aromatic carbocycles. The van der Waals surface area contributed by atoms with Crippen molar-refractivity contribution in [2.24, 2.45) is 0 Å². The van der Waals surface area contributed by atoms with Gasteiger partial charge in [-0.2, -0.15) is 0 Å². The van der Waals surface area contributed by atoms with Crippen LogP contribution in [0.2, 0.25) is 10.0 Å². The summed E-state index contributed by atoms with van der Waals surface area (Å²) in [5.41, 5.74) is -0.885. The first-order valence-corrected chi connectivity index (χ1v) is 6.67. The van der Waals surface area contributed by atoms with Gasteiger partial charge in [0.2, 0.25) is 0 Å². The molecule has 0 radical (unpaired) electrons. The fourth-order valence-electron chi connectivity index (χ4n) is 2.14. The summed E-state index contributed by atoms with van der Waals surface area (Å²) < 4.78 is 14.0. The van der Waals surface area contributed by atoms with Gasteiger partial charge < -0.3 is 5.11 Å². The van der Waals surface area contributed by atoms with Crippen LogP contribution in [-0.2, 0) is 5.60 Å². The quantitative estimate of drug-likeness (QED) is 0.865. The van der Waals surface area contributed by atoms with Crippen LogP contribution in [-0.4, -0.2) is 5.11 Å². The van der Waals surface area contributed by atoms with Crippen molar-refractivity contribution < 1.29 is 9.50 Å². The highest BCUT2D eigenvalue weighted by Gasteiger charge is 2.34. The van der Waals surface area contributed by atoms with Crippen molar-refractivity contribution in [1.29, 1.82) is 0 Å². The third-order valence-corrected chi connectivity index (χ3v) is 3.77. The van der Waals surface area contributed by atoms with Crippen LogP contribution in [0.1, 0.15) is 24.5 Å². The van der Waals surface area contributed by atoms with E-state index >= 15 is 0 Å². The molecule has 0 fully saturated rings. The van der Waals surface area contributed by atoms with E-state index < -0.39 is 11.4 Å². The van der Waals surface area contributed by atoms with E-state index in [-0.39, 0.29) is 12.0 Å². The zero-order chi connectivity index (χ0) is 14.0. The molecule has 1 nitrogen and oxygen atoms in total. The molecular formula is C15H13Cl2FO. The molecule has 0 saturated heterocycles. The van der Waals surface area contributed by atoms with Crippen LogP contribution in [0.4, 0.5) is 4.39 Å². The second-order valence-corrected chi connectivity index (χ2v) is 5.16. The van der Waals surface area contributed by atoms with Gasteiger partial charge >= 0.3 is 0 Å².